The molecular weight excluding hydrogens is 224 g/mol. The van der Waals surface area contributed by atoms with Crippen molar-refractivity contribution in [1.82, 2.24) is 14.9 Å². The Labute approximate surface area is 99.3 Å². The Balaban J connectivity index is 2.52. The van der Waals surface area contributed by atoms with Crippen LogP contribution in [0.15, 0.2) is 12.5 Å². The number of amides is 1. The topological polar surface area (TPSA) is 113 Å². The van der Waals surface area contributed by atoms with Gasteiger partial charge in [-0.3, -0.25) is 4.79 Å². The van der Waals surface area contributed by atoms with Crippen LogP contribution in [0.4, 0.5) is 0 Å². The molecule has 1 unspecified atom stereocenters. The summed E-state index contributed by atoms with van der Waals surface area (Å²) in [6.07, 6.45) is 3.10. The number of rotatable bonds is 6. The van der Waals surface area contributed by atoms with E-state index in [4.69, 9.17) is 10.8 Å². The van der Waals surface area contributed by atoms with E-state index in [1.807, 2.05) is 0 Å². The third kappa shape index (κ3) is 4.14. The second-order valence-electron chi connectivity index (χ2n) is 4.12. The van der Waals surface area contributed by atoms with Crippen molar-refractivity contribution >= 4 is 5.91 Å². The zero-order chi connectivity index (χ0) is 12.9. The highest BCUT2D eigenvalue weighted by molar-refractivity contribution is 5.92. The summed E-state index contributed by atoms with van der Waals surface area (Å²) in [4.78, 5) is 15.5. The second-order valence-corrected chi connectivity index (χ2v) is 4.12. The lowest BCUT2D eigenvalue weighted by Crippen LogP contribution is -2.43. The average molecular weight is 242 g/mol. The number of nitrogens with zero attached hydrogens (tertiary/aromatic N) is 2. The molecule has 1 rings (SSSR count). The molecule has 5 N–H and O–H groups in total. The van der Waals surface area contributed by atoms with Crippen molar-refractivity contribution in [2.45, 2.75) is 19.1 Å². The normalized spacial score (nSPS) is 14.4. The van der Waals surface area contributed by atoms with E-state index in [0.717, 1.165) is 0 Å². The summed E-state index contributed by atoms with van der Waals surface area (Å²) in [5.74, 6) is -0.394. The zero-order valence-corrected chi connectivity index (χ0v) is 9.76. The maximum atomic E-state index is 11.6. The Morgan fingerprint density at radius 3 is 3.00 bits per heavy atom. The molecular formula is C10H18N4O3. The third-order valence-electron chi connectivity index (χ3n) is 2.22. The summed E-state index contributed by atoms with van der Waals surface area (Å²) in [6.45, 7) is 2.03. The summed E-state index contributed by atoms with van der Waals surface area (Å²) in [7, 11) is 0. The number of hydrogen-bond donors (Lipinski definition) is 4. The predicted octanol–water partition coefficient (Wildman–Crippen LogP) is -1.69. The lowest BCUT2D eigenvalue weighted by Gasteiger charge is -2.20. The molecule has 1 atom stereocenters. The molecule has 0 saturated heterocycles. The van der Waals surface area contributed by atoms with E-state index in [2.05, 4.69) is 10.3 Å². The molecule has 0 aliphatic carbocycles. The minimum absolute atomic E-state index is 0.0356. The molecule has 1 amide bonds. The highest BCUT2D eigenvalue weighted by Gasteiger charge is 2.20. The summed E-state index contributed by atoms with van der Waals surface area (Å²) in [6, 6.07) is 0. The van der Waals surface area contributed by atoms with Gasteiger partial charge in [-0.1, -0.05) is 0 Å². The van der Waals surface area contributed by atoms with Crippen LogP contribution in [0.3, 0.4) is 0 Å². The fraction of sp³-hybridized carbons (Fsp3) is 0.600. The molecule has 0 bridgehead atoms. The van der Waals surface area contributed by atoms with Gasteiger partial charge in [0.25, 0.3) is 5.91 Å². The Bertz CT molecular complexity index is 375. The lowest BCUT2D eigenvalue weighted by molar-refractivity contribution is 0.00316. The number of hydrogen-bond acceptors (Lipinski definition) is 5. The van der Waals surface area contributed by atoms with Crippen molar-refractivity contribution in [2.24, 2.45) is 5.73 Å². The molecule has 1 aromatic heterocycles. The van der Waals surface area contributed by atoms with Crippen molar-refractivity contribution < 1.29 is 15.0 Å². The van der Waals surface area contributed by atoms with E-state index >= 15 is 0 Å². The van der Waals surface area contributed by atoms with Gasteiger partial charge in [0.05, 0.1) is 12.9 Å². The van der Waals surface area contributed by atoms with Gasteiger partial charge < -0.3 is 25.8 Å². The molecule has 0 radical (unpaired) electrons. The number of aromatic nitrogens is 2. The van der Waals surface area contributed by atoms with E-state index in [9.17, 15) is 9.90 Å². The Hall–Kier alpha value is -1.44. The van der Waals surface area contributed by atoms with Crippen molar-refractivity contribution in [3.63, 3.8) is 0 Å². The zero-order valence-electron chi connectivity index (χ0n) is 9.76. The number of carbonyl (C=O) groups is 1. The maximum Gasteiger partial charge on any atom is 0.271 e. The number of aliphatic hydroxyl groups excluding tert-OH is 1. The van der Waals surface area contributed by atoms with E-state index in [0.29, 0.717) is 13.1 Å². The van der Waals surface area contributed by atoms with E-state index in [1.165, 1.54) is 13.3 Å². The van der Waals surface area contributed by atoms with Crippen LogP contribution in [-0.2, 0) is 6.54 Å². The molecule has 0 saturated carbocycles. The lowest BCUT2D eigenvalue weighted by atomic mass is 10.1. The molecule has 7 nitrogen and oxygen atoms in total. The van der Waals surface area contributed by atoms with E-state index < -0.39 is 18.1 Å². The van der Waals surface area contributed by atoms with Crippen LogP contribution in [0.25, 0.3) is 0 Å². The largest absolute Gasteiger partial charge is 0.393 e. The fourth-order valence-electron chi connectivity index (χ4n) is 1.17. The third-order valence-corrected chi connectivity index (χ3v) is 2.22. The highest BCUT2D eigenvalue weighted by atomic mass is 16.3. The van der Waals surface area contributed by atoms with E-state index in [-0.39, 0.29) is 12.2 Å². The molecule has 1 aromatic rings. The highest BCUT2D eigenvalue weighted by Crippen LogP contribution is 2.00. The molecule has 1 heterocycles. The molecule has 0 fully saturated rings. The molecule has 0 aliphatic rings. The molecule has 96 valence electrons. The monoisotopic (exact) mass is 242 g/mol. The van der Waals surface area contributed by atoms with Gasteiger partial charge in [0.2, 0.25) is 0 Å². The number of nitrogens with one attached hydrogen (secondary N) is 1. The molecule has 0 aromatic carbocycles. The van der Waals surface area contributed by atoms with E-state index in [1.54, 1.807) is 10.8 Å². The molecule has 0 spiro atoms. The van der Waals surface area contributed by atoms with Crippen LogP contribution in [-0.4, -0.2) is 51.0 Å². The summed E-state index contributed by atoms with van der Waals surface area (Å²) < 4.78 is 1.71. The molecule has 0 aliphatic heterocycles. The first-order chi connectivity index (χ1) is 7.98. The summed E-state index contributed by atoms with van der Waals surface area (Å²) in [5.41, 5.74) is 4.30. The Morgan fingerprint density at radius 1 is 1.71 bits per heavy atom. The molecule has 7 heteroatoms. The van der Waals surface area contributed by atoms with Crippen LogP contribution in [0.5, 0.6) is 0 Å². The average Bonchev–Trinajstić information content (AvgIpc) is 2.75. The van der Waals surface area contributed by atoms with Gasteiger partial charge in [-0.2, -0.15) is 0 Å². The molecule has 17 heavy (non-hydrogen) atoms. The van der Waals surface area contributed by atoms with Gasteiger partial charge in [0.15, 0.2) is 0 Å². The number of imidazole rings is 1. The standard InChI is InChI=1S/C10H18N4O3/c1-10(17,6-15)5-12-9(16)8-4-14(3-2-11)7-13-8/h4,7,15,17H,2-3,5-6,11H2,1H3,(H,12,16). The SMILES string of the molecule is CC(O)(CO)CNC(=O)c1cn(CCN)cn1. The van der Waals surface area contributed by atoms with Gasteiger partial charge in [-0.15, -0.1) is 0 Å². The van der Waals surface area contributed by atoms with Crippen LogP contribution in [0.1, 0.15) is 17.4 Å². The van der Waals surface area contributed by atoms with Gasteiger partial charge >= 0.3 is 0 Å². The van der Waals surface area contributed by atoms with Gasteiger partial charge in [-0.05, 0) is 6.92 Å². The maximum absolute atomic E-state index is 11.6. The first-order valence-electron chi connectivity index (χ1n) is 5.32. The van der Waals surface area contributed by atoms with Crippen LogP contribution >= 0.6 is 0 Å². The first-order valence-corrected chi connectivity index (χ1v) is 5.32. The minimum atomic E-state index is -1.32. The Morgan fingerprint density at radius 2 is 2.41 bits per heavy atom. The minimum Gasteiger partial charge on any atom is -0.393 e. The first kappa shape index (κ1) is 13.6. The van der Waals surface area contributed by atoms with Gasteiger partial charge in [-0.25, -0.2) is 4.98 Å². The van der Waals surface area contributed by atoms with Gasteiger partial charge in [0, 0.05) is 25.8 Å². The quantitative estimate of drug-likeness (QED) is 0.475. The summed E-state index contributed by atoms with van der Waals surface area (Å²) in [5, 5.41) is 20.8. The number of carbonyl (C=O) groups excluding carboxylic acids is 1. The van der Waals surface area contributed by atoms with Crippen molar-refractivity contribution in [3.8, 4) is 0 Å². The van der Waals surface area contributed by atoms with Crippen LogP contribution in [0, 0.1) is 0 Å². The number of nitrogens with two attached hydrogens (primary N) is 1. The van der Waals surface area contributed by atoms with Crippen LogP contribution in [0.2, 0.25) is 0 Å². The van der Waals surface area contributed by atoms with Crippen molar-refractivity contribution in [1.29, 1.82) is 0 Å². The summed E-state index contributed by atoms with van der Waals surface area (Å²) >= 11 is 0. The van der Waals surface area contributed by atoms with Gasteiger partial charge in [0.1, 0.15) is 11.3 Å². The van der Waals surface area contributed by atoms with Crippen LogP contribution < -0.4 is 11.1 Å². The smallest absolute Gasteiger partial charge is 0.271 e. The van der Waals surface area contributed by atoms with Crippen molar-refractivity contribution in [3.05, 3.63) is 18.2 Å². The number of aliphatic hydroxyl groups is 2. The predicted molar refractivity (Wildman–Crippen MR) is 61.3 cm³/mol. The Kier molecular flexibility index (Phi) is 4.62. The van der Waals surface area contributed by atoms with Crippen molar-refractivity contribution in [2.75, 3.05) is 19.7 Å². The fourth-order valence-corrected chi connectivity index (χ4v) is 1.17. The second kappa shape index (κ2) is 5.76.